The van der Waals surface area contributed by atoms with Crippen LogP contribution in [0.3, 0.4) is 0 Å². The van der Waals surface area contributed by atoms with Crippen molar-refractivity contribution in [3.05, 3.63) is 106 Å². The molecule has 7 heteroatoms. The van der Waals surface area contributed by atoms with Crippen LogP contribution in [-0.2, 0) is 16.0 Å². The summed E-state index contributed by atoms with van der Waals surface area (Å²) in [5, 5.41) is 12.8. The van der Waals surface area contributed by atoms with Gasteiger partial charge >= 0.3 is 0 Å². The number of nitriles is 1. The van der Waals surface area contributed by atoms with Crippen LogP contribution in [-0.4, -0.2) is 17.1 Å². The number of aryl methyl sites for hydroxylation is 1. The minimum Gasteiger partial charge on any atom is -0.320 e. The van der Waals surface area contributed by atoms with Gasteiger partial charge in [-0.3, -0.25) is 14.5 Å². The Hall–Kier alpha value is -3.53. The molecule has 0 aliphatic carbocycles. The lowest BCUT2D eigenvalue weighted by molar-refractivity contribution is -0.117. The third-order valence-electron chi connectivity index (χ3n) is 5.18. The van der Waals surface area contributed by atoms with Gasteiger partial charge in [0.15, 0.2) is 0 Å². The third-order valence-corrected chi connectivity index (χ3v) is 6.78. The second kappa shape index (κ2) is 9.95. The average molecular weight is 474 g/mol. The van der Waals surface area contributed by atoms with E-state index in [0.29, 0.717) is 27.8 Å². The molecule has 2 amide bonds. The van der Waals surface area contributed by atoms with Crippen LogP contribution in [0.2, 0.25) is 5.02 Å². The Morgan fingerprint density at radius 1 is 1.06 bits per heavy atom. The van der Waals surface area contributed by atoms with Crippen molar-refractivity contribution in [2.45, 2.75) is 18.6 Å². The second-order valence-electron chi connectivity index (χ2n) is 7.53. The second-order valence-corrected chi connectivity index (χ2v) is 9.13. The summed E-state index contributed by atoms with van der Waals surface area (Å²) in [5.74, 6) is -0.780. The molecule has 164 valence electrons. The van der Waals surface area contributed by atoms with E-state index >= 15 is 0 Å². The van der Waals surface area contributed by atoms with E-state index in [2.05, 4.69) is 5.32 Å². The van der Waals surface area contributed by atoms with Gasteiger partial charge in [-0.2, -0.15) is 5.26 Å². The van der Waals surface area contributed by atoms with Gasteiger partial charge in [0.25, 0.3) is 5.91 Å². The van der Waals surface area contributed by atoms with E-state index in [0.717, 1.165) is 11.1 Å². The smallest absolute Gasteiger partial charge is 0.269 e. The molecule has 33 heavy (non-hydrogen) atoms. The summed E-state index contributed by atoms with van der Waals surface area (Å²) in [5.41, 5.74) is 3.02. The van der Waals surface area contributed by atoms with Crippen LogP contribution in [0.1, 0.15) is 11.1 Å². The minimum atomic E-state index is -0.613. The van der Waals surface area contributed by atoms with Gasteiger partial charge in [0.2, 0.25) is 5.91 Å². The molecule has 1 unspecified atom stereocenters. The summed E-state index contributed by atoms with van der Waals surface area (Å²) < 4.78 is 0. The summed E-state index contributed by atoms with van der Waals surface area (Å²) >= 11 is 7.40. The van der Waals surface area contributed by atoms with Gasteiger partial charge in [-0.1, -0.05) is 83.5 Å². The first-order valence-corrected chi connectivity index (χ1v) is 11.5. The molecule has 0 radical (unpaired) electrons. The number of carbonyl (C=O) groups is 2. The SMILES string of the molecule is Cc1ccc(CC2S/C(=C(/C#N)C(=O)Nc3ccccc3Cl)N(c3ccccc3)C2=O)cc1. The fraction of sp³-hybridized carbons (Fsp3) is 0.115. The lowest BCUT2D eigenvalue weighted by Gasteiger charge is -2.18. The molecule has 1 aliphatic heterocycles. The quantitative estimate of drug-likeness (QED) is 0.380. The molecule has 1 heterocycles. The van der Waals surface area contributed by atoms with Crippen LogP contribution in [0.15, 0.2) is 89.5 Å². The first-order chi connectivity index (χ1) is 16.0. The maximum absolute atomic E-state index is 13.5. The summed E-state index contributed by atoms with van der Waals surface area (Å²) in [4.78, 5) is 28.0. The predicted octanol–water partition coefficient (Wildman–Crippen LogP) is 5.71. The third kappa shape index (κ3) is 4.95. The lowest BCUT2D eigenvalue weighted by Crippen LogP contribution is -2.30. The molecule has 1 aliphatic rings. The zero-order valence-corrected chi connectivity index (χ0v) is 19.4. The Bertz CT molecular complexity index is 1270. The number of amides is 2. The van der Waals surface area contributed by atoms with E-state index < -0.39 is 11.2 Å². The summed E-state index contributed by atoms with van der Waals surface area (Å²) in [6.45, 7) is 2.01. The number of carbonyl (C=O) groups excluding carboxylic acids is 2. The largest absolute Gasteiger partial charge is 0.320 e. The Labute approximate surface area is 201 Å². The van der Waals surface area contributed by atoms with E-state index in [1.54, 1.807) is 36.4 Å². The van der Waals surface area contributed by atoms with Crippen molar-refractivity contribution in [2.24, 2.45) is 0 Å². The Balaban J connectivity index is 1.72. The van der Waals surface area contributed by atoms with E-state index in [-0.39, 0.29) is 11.5 Å². The first-order valence-electron chi connectivity index (χ1n) is 10.3. The highest BCUT2D eigenvalue weighted by atomic mass is 35.5. The Morgan fingerprint density at radius 2 is 1.73 bits per heavy atom. The molecule has 3 aromatic rings. The number of nitrogens with zero attached hydrogens (tertiary/aromatic N) is 2. The van der Waals surface area contributed by atoms with Crippen molar-refractivity contribution in [3.63, 3.8) is 0 Å². The highest BCUT2D eigenvalue weighted by molar-refractivity contribution is 8.05. The maximum Gasteiger partial charge on any atom is 0.269 e. The highest BCUT2D eigenvalue weighted by Crippen LogP contribution is 2.42. The number of para-hydroxylation sites is 2. The van der Waals surface area contributed by atoms with Crippen molar-refractivity contribution in [1.82, 2.24) is 0 Å². The molecule has 1 atom stereocenters. The lowest BCUT2D eigenvalue weighted by atomic mass is 10.1. The molecule has 0 spiro atoms. The zero-order chi connectivity index (χ0) is 23.4. The molecule has 3 aromatic carbocycles. The number of anilines is 2. The monoisotopic (exact) mass is 473 g/mol. The molecule has 0 saturated carbocycles. The van der Waals surface area contributed by atoms with Gasteiger partial charge in [0.05, 0.1) is 16.0 Å². The van der Waals surface area contributed by atoms with Crippen LogP contribution in [0.25, 0.3) is 0 Å². The molecule has 4 rings (SSSR count). The molecule has 5 nitrogen and oxygen atoms in total. The molecule has 0 aromatic heterocycles. The van der Waals surface area contributed by atoms with Gasteiger partial charge < -0.3 is 5.32 Å². The van der Waals surface area contributed by atoms with Crippen molar-refractivity contribution < 1.29 is 9.59 Å². The number of halogens is 1. The summed E-state index contributed by atoms with van der Waals surface area (Å²) in [7, 11) is 0. The van der Waals surface area contributed by atoms with Gasteiger partial charge in [0.1, 0.15) is 16.7 Å². The van der Waals surface area contributed by atoms with Crippen molar-refractivity contribution in [3.8, 4) is 6.07 Å². The maximum atomic E-state index is 13.5. The Kier molecular flexibility index (Phi) is 6.83. The van der Waals surface area contributed by atoms with Crippen LogP contribution >= 0.6 is 23.4 Å². The summed E-state index contributed by atoms with van der Waals surface area (Å²) in [6, 6.07) is 25.8. The van der Waals surface area contributed by atoms with Crippen LogP contribution in [0.4, 0.5) is 11.4 Å². The topological polar surface area (TPSA) is 73.2 Å². The van der Waals surface area contributed by atoms with Crippen LogP contribution in [0, 0.1) is 18.3 Å². The van der Waals surface area contributed by atoms with E-state index in [4.69, 9.17) is 11.6 Å². The van der Waals surface area contributed by atoms with Gasteiger partial charge in [-0.25, -0.2) is 0 Å². The minimum absolute atomic E-state index is 0.136. The number of hydrogen-bond acceptors (Lipinski definition) is 4. The number of nitrogens with one attached hydrogen (secondary N) is 1. The number of rotatable bonds is 5. The van der Waals surface area contributed by atoms with Crippen molar-refractivity contribution >= 4 is 46.6 Å². The zero-order valence-electron chi connectivity index (χ0n) is 17.8. The van der Waals surface area contributed by atoms with Crippen LogP contribution < -0.4 is 10.2 Å². The van der Waals surface area contributed by atoms with E-state index in [9.17, 15) is 14.9 Å². The molecule has 1 N–H and O–H groups in total. The van der Waals surface area contributed by atoms with E-state index in [1.165, 1.54) is 16.7 Å². The van der Waals surface area contributed by atoms with Gasteiger partial charge in [0, 0.05) is 5.69 Å². The number of hydrogen-bond donors (Lipinski definition) is 1. The van der Waals surface area contributed by atoms with Gasteiger partial charge in [-0.15, -0.1) is 0 Å². The average Bonchev–Trinajstić information content (AvgIpc) is 3.13. The summed E-state index contributed by atoms with van der Waals surface area (Å²) in [6.07, 6.45) is 0.488. The number of benzene rings is 3. The fourth-order valence-corrected chi connectivity index (χ4v) is 4.98. The standard InChI is InChI=1S/C26H20ClN3O2S/c1-17-11-13-18(14-12-17)15-23-25(32)30(19-7-3-2-4-8-19)26(33-23)20(16-28)24(31)29-22-10-6-5-9-21(22)27/h2-14,23H,15H2,1H3,(H,29,31)/b26-20-. The normalized spacial score (nSPS) is 16.9. The predicted molar refractivity (Wildman–Crippen MR) is 133 cm³/mol. The van der Waals surface area contributed by atoms with Crippen molar-refractivity contribution in [1.29, 1.82) is 5.26 Å². The van der Waals surface area contributed by atoms with Crippen molar-refractivity contribution in [2.75, 3.05) is 10.2 Å². The molecular weight excluding hydrogens is 454 g/mol. The van der Waals surface area contributed by atoms with Crippen LogP contribution in [0.5, 0.6) is 0 Å². The molecule has 1 saturated heterocycles. The molecular formula is C26H20ClN3O2S. The fourth-order valence-electron chi connectivity index (χ4n) is 3.48. The van der Waals surface area contributed by atoms with E-state index in [1.807, 2.05) is 55.5 Å². The Morgan fingerprint density at radius 3 is 2.39 bits per heavy atom. The molecule has 0 bridgehead atoms. The number of thioether (sulfide) groups is 1. The first kappa shape index (κ1) is 22.7. The van der Waals surface area contributed by atoms with Gasteiger partial charge in [-0.05, 0) is 43.2 Å². The highest BCUT2D eigenvalue weighted by Gasteiger charge is 2.40. The molecule has 1 fully saturated rings.